The monoisotopic (exact) mass is 186 g/mol. The minimum atomic E-state index is 0.669. The molecule has 1 atom stereocenters. The van der Waals surface area contributed by atoms with Crippen molar-refractivity contribution in [1.29, 1.82) is 0 Å². The molecule has 0 aromatic rings. The lowest BCUT2D eigenvalue weighted by atomic mass is 10.0. The summed E-state index contributed by atoms with van der Waals surface area (Å²) >= 11 is 0. The van der Waals surface area contributed by atoms with E-state index in [0.717, 1.165) is 19.1 Å². The highest BCUT2D eigenvalue weighted by molar-refractivity contribution is 4.52. The van der Waals surface area contributed by atoms with Crippen LogP contribution in [0.25, 0.3) is 0 Å². The van der Waals surface area contributed by atoms with Crippen molar-refractivity contribution in [2.45, 2.75) is 53.4 Å². The average Bonchev–Trinajstić information content (AvgIpc) is 2.04. The Hall–Kier alpha value is -0.0400. The zero-order valence-electron chi connectivity index (χ0n) is 9.81. The molecule has 80 valence electrons. The minimum Gasteiger partial charge on any atom is -0.381 e. The van der Waals surface area contributed by atoms with E-state index in [9.17, 15) is 0 Å². The summed E-state index contributed by atoms with van der Waals surface area (Å²) in [5.74, 6) is 1.41. The van der Waals surface area contributed by atoms with Crippen molar-refractivity contribution in [2.24, 2.45) is 11.8 Å². The third-order valence-electron chi connectivity index (χ3n) is 2.15. The van der Waals surface area contributed by atoms with E-state index in [1.807, 2.05) is 0 Å². The van der Waals surface area contributed by atoms with Gasteiger partial charge in [-0.25, -0.2) is 0 Å². The van der Waals surface area contributed by atoms with Crippen molar-refractivity contribution in [3.63, 3.8) is 0 Å². The molecule has 0 bridgehead atoms. The highest BCUT2D eigenvalue weighted by atomic mass is 16.5. The molecule has 0 heterocycles. The molecular formula is C12H26O. The number of hydrogen-bond donors (Lipinski definition) is 0. The highest BCUT2D eigenvalue weighted by Gasteiger charge is 2.02. The third-order valence-corrected chi connectivity index (χ3v) is 2.15. The van der Waals surface area contributed by atoms with Crippen LogP contribution in [0.1, 0.15) is 53.4 Å². The molecule has 0 radical (unpaired) electrons. The van der Waals surface area contributed by atoms with E-state index in [-0.39, 0.29) is 0 Å². The summed E-state index contributed by atoms with van der Waals surface area (Å²) in [4.78, 5) is 0. The molecule has 0 fully saturated rings. The Morgan fingerprint density at radius 1 is 1.00 bits per heavy atom. The molecule has 0 amide bonds. The molecule has 0 aliphatic carbocycles. The summed E-state index contributed by atoms with van der Waals surface area (Å²) < 4.78 is 5.59. The van der Waals surface area contributed by atoms with E-state index in [1.165, 1.54) is 25.7 Å². The quantitative estimate of drug-likeness (QED) is 0.523. The van der Waals surface area contributed by atoms with Crippen LogP contribution in [-0.2, 0) is 4.74 Å². The zero-order chi connectivity index (χ0) is 10.1. The summed E-state index contributed by atoms with van der Waals surface area (Å²) in [6.45, 7) is 10.8. The molecule has 0 N–H and O–H groups in total. The van der Waals surface area contributed by atoms with E-state index in [4.69, 9.17) is 4.74 Å². The van der Waals surface area contributed by atoms with Crippen LogP contribution in [0.3, 0.4) is 0 Å². The van der Waals surface area contributed by atoms with Gasteiger partial charge in [-0.3, -0.25) is 0 Å². The van der Waals surface area contributed by atoms with E-state index in [2.05, 4.69) is 27.7 Å². The van der Waals surface area contributed by atoms with Gasteiger partial charge in [-0.1, -0.05) is 47.0 Å². The van der Waals surface area contributed by atoms with Crippen molar-refractivity contribution >= 4 is 0 Å². The molecule has 0 aliphatic heterocycles. The minimum absolute atomic E-state index is 0.669. The first-order valence-electron chi connectivity index (χ1n) is 5.74. The molecule has 0 aliphatic rings. The van der Waals surface area contributed by atoms with Gasteiger partial charge < -0.3 is 4.74 Å². The maximum Gasteiger partial charge on any atom is 0.0491 e. The van der Waals surface area contributed by atoms with Crippen LogP contribution < -0.4 is 0 Å². The first kappa shape index (κ1) is 13.0. The summed E-state index contributed by atoms with van der Waals surface area (Å²) in [6.07, 6.45) is 5.38. The summed E-state index contributed by atoms with van der Waals surface area (Å²) in [5.41, 5.74) is 0. The summed E-state index contributed by atoms with van der Waals surface area (Å²) in [7, 11) is 0. The normalized spacial score (nSPS) is 13.6. The van der Waals surface area contributed by atoms with Gasteiger partial charge in [0.25, 0.3) is 0 Å². The number of ether oxygens (including phenoxy) is 1. The molecule has 0 unspecified atom stereocenters. The van der Waals surface area contributed by atoms with Crippen molar-refractivity contribution in [3.8, 4) is 0 Å². The maximum atomic E-state index is 5.59. The fourth-order valence-corrected chi connectivity index (χ4v) is 1.33. The maximum absolute atomic E-state index is 5.59. The van der Waals surface area contributed by atoms with Crippen molar-refractivity contribution in [2.75, 3.05) is 13.2 Å². The molecule has 0 saturated heterocycles. The predicted molar refractivity (Wildman–Crippen MR) is 59.0 cm³/mol. The van der Waals surface area contributed by atoms with Gasteiger partial charge in [0.2, 0.25) is 0 Å². The molecule has 0 aromatic carbocycles. The average molecular weight is 186 g/mol. The fraction of sp³-hybridized carbons (Fsp3) is 1.00. The van der Waals surface area contributed by atoms with E-state index in [1.54, 1.807) is 0 Å². The van der Waals surface area contributed by atoms with E-state index >= 15 is 0 Å². The Labute approximate surface area is 83.9 Å². The predicted octanol–water partition coefficient (Wildman–Crippen LogP) is 3.88. The first-order chi connectivity index (χ1) is 6.16. The van der Waals surface area contributed by atoms with Gasteiger partial charge in [0.05, 0.1) is 0 Å². The van der Waals surface area contributed by atoms with Gasteiger partial charge in [0, 0.05) is 13.2 Å². The lowest BCUT2D eigenvalue weighted by molar-refractivity contribution is 0.0811. The number of hydrogen-bond acceptors (Lipinski definition) is 1. The van der Waals surface area contributed by atoms with Crippen LogP contribution in [0.4, 0.5) is 0 Å². The van der Waals surface area contributed by atoms with Crippen LogP contribution in [0.5, 0.6) is 0 Å². The standard InChI is InChI=1S/C12H26O/c1-5-6-7-8-12(4)10-13-9-11(2)3/h11-12H,5-10H2,1-4H3/t12-/m0/s1. The van der Waals surface area contributed by atoms with Crippen LogP contribution >= 0.6 is 0 Å². The molecule has 0 aromatic heterocycles. The van der Waals surface area contributed by atoms with Gasteiger partial charge in [-0.15, -0.1) is 0 Å². The second-order valence-electron chi connectivity index (χ2n) is 4.53. The SMILES string of the molecule is CCCCC[C@H](C)COCC(C)C. The van der Waals surface area contributed by atoms with E-state index in [0.29, 0.717) is 5.92 Å². The van der Waals surface area contributed by atoms with Crippen LogP contribution in [0.15, 0.2) is 0 Å². The van der Waals surface area contributed by atoms with Crippen molar-refractivity contribution in [3.05, 3.63) is 0 Å². The largest absolute Gasteiger partial charge is 0.381 e. The number of unbranched alkanes of at least 4 members (excludes halogenated alkanes) is 2. The molecule has 1 nitrogen and oxygen atoms in total. The van der Waals surface area contributed by atoms with Crippen LogP contribution in [0.2, 0.25) is 0 Å². The Morgan fingerprint density at radius 3 is 2.23 bits per heavy atom. The topological polar surface area (TPSA) is 9.23 Å². The van der Waals surface area contributed by atoms with Crippen molar-refractivity contribution in [1.82, 2.24) is 0 Å². The van der Waals surface area contributed by atoms with Gasteiger partial charge in [0.15, 0.2) is 0 Å². The fourth-order valence-electron chi connectivity index (χ4n) is 1.33. The zero-order valence-corrected chi connectivity index (χ0v) is 9.81. The lowest BCUT2D eigenvalue weighted by Crippen LogP contribution is -2.09. The van der Waals surface area contributed by atoms with Crippen molar-refractivity contribution < 1.29 is 4.74 Å². The lowest BCUT2D eigenvalue weighted by Gasteiger charge is -2.12. The summed E-state index contributed by atoms with van der Waals surface area (Å²) in [6, 6.07) is 0. The van der Waals surface area contributed by atoms with Gasteiger partial charge in [-0.05, 0) is 18.3 Å². The smallest absolute Gasteiger partial charge is 0.0491 e. The molecule has 1 heteroatoms. The van der Waals surface area contributed by atoms with E-state index < -0.39 is 0 Å². The third kappa shape index (κ3) is 9.88. The Morgan fingerprint density at radius 2 is 1.69 bits per heavy atom. The van der Waals surface area contributed by atoms with Crippen LogP contribution in [0, 0.1) is 11.8 Å². The van der Waals surface area contributed by atoms with Gasteiger partial charge >= 0.3 is 0 Å². The number of rotatable bonds is 8. The molecule has 13 heavy (non-hydrogen) atoms. The second kappa shape index (κ2) is 8.55. The second-order valence-corrected chi connectivity index (χ2v) is 4.53. The Bertz CT molecular complexity index is 99.3. The molecule has 0 rings (SSSR count). The highest BCUT2D eigenvalue weighted by Crippen LogP contribution is 2.09. The summed E-state index contributed by atoms with van der Waals surface area (Å²) in [5, 5.41) is 0. The molecule has 0 saturated carbocycles. The van der Waals surface area contributed by atoms with Gasteiger partial charge in [-0.2, -0.15) is 0 Å². The first-order valence-corrected chi connectivity index (χ1v) is 5.74. The van der Waals surface area contributed by atoms with Gasteiger partial charge in [0.1, 0.15) is 0 Å². The van der Waals surface area contributed by atoms with Crippen LogP contribution in [-0.4, -0.2) is 13.2 Å². The molecule has 0 spiro atoms. The molecular weight excluding hydrogens is 160 g/mol. The Kier molecular flexibility index (Phi) is 8.53. The Balaban J connectivity index is 3.15.